The lowest BCUT2D eigenvalue weighted by Crippen LogP contribution is -2.42. The molecule has 1 aliphatic rings. The van der Waals surface area contributed by atoms with Gasteiger partial charge in [0.25, 0.3) is 5.91 Å². The van der Waals surface area contributed by atoms with Gasteiger partial charge in [0.05, 0.1) is 13.7 Å². The van der Waals surface area contributed by atoms with Crippen molar-refractivity contribution in [3.63, 3.8) is 0 Å². The minimum atomic E-state index is -0.164. The molecule has 1 aliphatic heterocycles. The van der Waals surface area contributed by atoms with Crippen molar-refractivity contribution in [1.82, 2.24) is 4.90 Å². The van der Waals surface area contributed by atoms with Crippen LogP contribution in [0.1, 0.15) is 16.7 Å². The van der Waals surface area contributed by atoms with Crippen LogP contribution in [0.25, 0.3) is 0 Å². The third kappa shape index (κ3) is 3.36. The number of amidine groups is 1. The quantitative estimate of drug-likeness (QED) is 0.854. The van der Waals surface area contributed by atoms with Gasteiger partial charge in [-0.25, -0.2) is 0 Å². The minimum absolute atomic E-state index is 0.0851. The molecule has 0 saturated carbocycles. The SMILES string of the molecule is COc1ccc(Cl)cc1CN1C(=O)CON=C1c1ccc(C)cc1. The molecule has 0 unspecified atom stereocenters. The Morgan fingerprint density at radius 1 is 1.25 bits per heavy atom. The summed E-state index contributed by atoms with van der Waals surface area (Å²) >= 11 is 6.08. The van der Waals surface area contributed by atoms with Crippen LogP contribution in [-0.2, 0) is 16.2 Å². The van der Waals surface area contributed by atoms with Crippen LogP contribution >= 0.6 is 11.6 Å². The second kappa shape index (κ2) is 6.93. The highest BCUT2D eigenvalue weighted by atomic mass is 35.5. The smallest absolute Gasteiger partial charge is 0.269 e. The number of methoxy groups -OCH3 is 1. The Kier molecular flexibility index (Phi) is 4.71. The summed E-state index contributed by atoms with van der Waals surface area (Å²) in [6, 6.07) is 13.1. The predicted molar refractivity (Wildman–Crippen MR) is 92.2 cm³/mol. The second-order valence-electron chi connectivity index (χ2n) is 5.49. The van der Waals surface area contributed by atoms with Crippen molar-refractivity contribution in [3.8, 4) is 5.75 Å². The summed E-state index contributed by atoms with van der Waals surface area (Å²) in [4.78, 5) is 19.0. The van der Waals surface area contributed by atoms with Gasteiger partial charge < -0.3 is 9.57 Å². The highest BCUT2D eigenvalue weighted by Crippen LogP contribution is 2.25. The molecule has 2 aromatic rings. The molecule has 0 bridgehead atoms. The molecule has 0 aromatic heterocycles. The molecule has 0 spiro atoms. The molecule has 0 aliphatic carbocycles. The zero-order valence-corrected chi connectivity index (χ0v) is 14.2. The molecular weight excluding hydrogens is 328 g/mol. The van der Waals surface area contributed by atoms with E-state index in [2.05, 4.69) is 5.16 Å². The number of hydrogen-bond acceptors (Lipinski definition) is 4. The fourth-order valence-electron chi connectivity index (χ4n) is 2.51. The van der Waals surface area contributed by atoms with Crippen molar-refractivity contribution in [3.05, 3.63) is 64.2 Å². The summed E-state index contributed by atoms with van der Waals surface area (Å²) in [7, 11) is 1.59. The Hall–Kier alpha value is -2.53. The first-order chi connectivity index (χ1) is 11.6. The van der Waals surface area contributed by atoms with Crippen molar-refractivity contribution in [2.24, 2.45) is 5.16 Å². The fourth-order valence-corrected chi connectivity index (χ4v) is 2.70. The lowest BCUT2D eigenvalue weighted by molar-refractivity contribution is -0.134. The van der Waals surface area contributed by atoms with Crippen molar-refractivity contribution < 1.29 is 14.4 Å². The van der Waals surface area contributed by atoms with Crippen LogP contribution in [0.15, 0.2) is 47.6 Å². The summed E-state index contributed by atoms with van der Waals surface area (Å²) in [5.74, 6) is 0.984. The first-order valence-corrected chi connectivity index (χ1v) is 7.86. The number of rotatable bonds is 4. The van der Waals surface area contributed by atoms with E-state index in [9.17, 15) is 4.79 Å². The van der Waals surface area contributed by atoms with E-state index in [1.165, 1.54) is 0 Å². The van der Waals surface area contributed by atoms with E-state index in [4.69, 9.17) is 21.2 Å². The maximum atomic E-state index is 12.4. The van der Waals surface area contributed by atoms with Gasteiger partial charge in [-0.3, -0.25) is 9.69 Å². The van der Waals surface area contributed by atoms with Gasteiger partial charge in [0, 0.05) is 16.1 Å². The molecule has 2 aromatic carbocycles. The van der Waals surface area contributed by atoms with Gasteiger partial charge in [0.1, 0.15) is 5.75 Å². The largest absolute Gasteiger partial charge is 0.496 e. The van der Waals surface area contributed by atoms with Crippen molar-refractivity contribution >= 4 is 23.3 Å². The molecule has 24 heavy (non-hydrogen) atoms. The Balaban J connectivity index is 1.96. The van der Waals surface area contributed by atoms with Crippen LogP contribution in [0, 0.1) is 6.92 Å². The van der Waals surface area contributed by atoms with Gasteiger partial charge in [-0.05, 0) is 25.1 Å². The summed E-state index contributed by atoms with van der Waals surface area (Å²) in [6.07, 6.45) is 0. The molecular formula is C18H17ClN2O3. The molecule has 1 heterocycles. The lowest BCUT2D eigenvalue weighted by Gasteiger charge is -2.27. The first kappa shape index (κ1) is 16.3. The molecule has 0 atom stereocenters. The van der Waals surface area contributed by atoms with Crippen LogP contribution in [0.5, 0.6) is 5.75 Å². The minimum Gasteiger partial charge on any atom is -0.496 e. The highest BCUT2D eigenvalue weighted by molar-refractivity contribution is 6.30. The van der Waals surface area contributed by atoms with Crippen molar-refractivity contribution in [1.29, 1.82) is 0 Å². The number of halogens is 1. The Morgan fingerprint density at radius 2 is 2.00 bits per heavy atom. The van der Waals surface area contributed by atoms with Crippen molar-refractivity contribution in [2.45, 2.75) is 13.5 Å². The molecule has 0 saturated heterocycles. The van der Waals surface area contributed by atoms with E-state index in [-0.39, 0.29) is 12.5 Å². The summed E-state index contributed by atoms with van der Waals surface area (Å²) in [5, 5.41) is 4.67. The molecule has 6 heteroatoms. The number of carbonyl (C=O) groups excluding carboxylic acids is 1. The number of hydrogen-bond donors (Lipinski definition) is 0. The lowest BCUT2D eigenvalue weighted by atomic mass is 10.1. The zero-order chi connectivity index (χ0) is 17.1. The van der Waals surface area contributed by atoms with Crippen molar-refractivity contribution in [2.75, 3.05) is 13.7 Å². The monoisotopic (exact) mass is 344 g/mol. The van der Waals surface area contributed by atoms with E-state index in [0.29, 0.717) is 23.2 Å². The predicted octanol–water partition coefficient (Wildman–Crippen LogP) is 3.38. The number of ether oxygens (including phenoxy) is 1. The van der Waals surface area contributed by atoms with Gasteiger partial charge in [-0.1, -0.05) is 46.6 Å². The standard InChI is InChI=1S/C18H17ClN2O3/c1-12-3-5-13(6-4-12)18-20-24-11-17(22)21(18)10-14-9-15(19)7-8-16(14)23-2/h3-9H,10-11H2,1-2H3. The number of amides is 1. The number of carbonyl (C=O) groups is 1. The second-order valence-corrected chi connectivity index (χ2v) is 5.93. The summed E-state index contributed by atoms with van der Waals surface area (Å²) < 4.78 is 5.37. The van der Waals surface area contributed by atoms with Crippen LogP contribution in [0.3, 0.4) is 0 Å². The molecule has 0 fully saturated rings. The first-order valence-electron chi connectivity index (χ1n) is 7.48. The maximum absolute atomic E-state index is 12.4. The van der Waals surface area contributed by atoms with E-state index < -0.39 is 0 Å². The fraction of sp³-hybridized carbons (Fsp3) is 0.222. The molecule has 124 valence electrons. The average molecular weight is 345 g/mol. The van der Waals surface area contributed by atoms with E-state index in [1.54, 1.807) is 30.2 Å². The summed E-state index contributed by atoms with van der Waals surface area (Å²) in [5.41, 5.74) is 2.75. The Labute approximate surface area is 145 Å². The molecule has 0 radical (unpaired) electrons. The number of oxime groups is 1. The molecule has 5 nitrogen and oxygen atoms in total. The van der Waals surface area contributed by atoms with E-state index in [1.807, 2.05) is 31.2 Å². The van der Waals surface area contributed by atoms with Crippen LogP contribution in [-0.4, -0.2) is 30.4 Å². The van der Waals surface area contributed by atoms with E-state index in [0.717, 1.165) is 16.7 Å². The van der Waals surface area contributed by atoms with Gasteiger partial charge in [0.2, 0.25) is 0 Å². The average Bonchev–Trinajstić information content (AvgIpc) is 2.58. The van der Waals surface area contributed by atoms with Crippen LogP contribution < -0.4 is 4.74 Å². The molecule has 3 rings (SSSR count). The van der Waals surface area contributed by atoms with E-state index >= 15 is 0 Å². The van der Waals surface area contributed by atoms with Crippen LogP contribution in [0.2, 0.25) is 5.02 Å². The molecule has 0 N–H and O–H groups in total. The zero-order valence-electron chi connectivity index (χ0n) is 13.5. The van der Waals surface area contributed by atoms with Gasteiger partial charge >= 0.3 is 0 Å². The topological polar surface area (TPSA) is 51.1 Å². The van der Waals surface area contributed by atoms with Gasteiger partial charge in [0.15, 0.2) is 12.4 Å². The molecule has 1 amide bonds. The van der Waals surface area contributed by atoms with Gasteiger partial charge in [-0.15, -0.1) is 0 Å². The third-order valence-electron chi connectivity index (χ3n) is 3.78. The number of aryl methyl sites for hydroxylation is 1. The normalized spacial score (nSPS) is 14.2. The Morgan fingerprint density at radius 3 is 2.71 bits per heavy atom. The number of nitrogens with zero attached hydrogens (tertiary/aromatic N) is 2. The van der Waals surface area contributed by atoms with Gasteiger partial charge in [-0.2, -0.15) is 0 Å². The summed E-state index contributed by atoms with van der Waals surface area (Å²) in [6.45, 7) is 2.22. The number of benzene rings is 2. The Bertz CT molecular complexity index is 787. The maximum Gasteiger partial charge on any atom is 0.269 e. The van der Waals surface area contributed by atoms with Crippen LogP contribution in [0.4, 0.5) is 0 Å². The third-order valence-corrected chi connectivity index (χ3v) is 4.01. The highest BCUT2D eigenvalue weighted by Gasteiger charge is 2.27.